The van der Waals surface area contributed by atoms with Gasteiger partial charge in [-0.1, -0.05) is 18.2 Å². The molecule has 1 aromatic rings. The normalized spacial score (nSPS) is 30.2. The van der Waals surface area contributed by atoms with Crippen LogP contribution in [0.25, 0.3) is 0 Å². The standard InChI is InChI=1S/C13H18N2/c1-15-7-6-10(9-15)12-8-14-13-5-3-2-4-11(12)13/h2-5,10,12,14H,6-9H2,1H3. The van der Waals surface area contributed by atoms with E-state index in [1.165, 1.54) is 30.8 Å². The Morgan fingerprint density at radius 1 is 1.33 bits per heavy atom. The van der Waals surface area contributed by atoms with Crippen LogP contribution in [-0.4, -0.2) is 31.6 Å². The van der Waals surface area contributed by atoms with Crippen molar-refractivity contribution in [3.05, 3.63) is 29.8 Å². The first-order chi connectivity index (χ1) is 7.34. The van der Waals surface area contributed by atoms with Crippen molar-refractivity contribution in [1.29, 1.82) is 0 Å². The van der Waals surface area contributed by atoms with Gasteiger partial charge in [-0.25, -0.2) is 0 Å². The molecule has 2 heteroatoms. The predicted molar refractivity (Wildman–Crippen MR) is 63.3 cm³/mol. The van der Waals surface area contributed by atoms with Gasteiger partial charge in [0, 0.05) is 24.7 Å². The lowest BCUT2D eigenvalue weighted by molar-refractivity contribution is 0.377. The summed E-state index contributed by atoms with van der Waals surface area (Å²) in [5, 5.41) is 3.52. The van der Waals surface area contributed by atoms with Crippen LogP contribution in [0.5, 0.6) is 0 Å². The number of likely N-dealkylation sites (tertiary alicyclic amines) is 1. The summed E-state index contributed by atoms with van der Waals surface area (Å²) in [6.45, 7) is 3.67. The van der Waals surface area contributed by atoms with Gasteiger partial charge >= 0.3 is 0 Å². The van der Waals surface area contributed by atoms with Crippen molar-refractivity contribution >= 4 is 5.69 Å². The van der Waals surface area contributed by atoms with E-state index in [2.05, 4.69) is 41.5 Å². The molecule has 3 rings (SSSR count). The van der Waals surface area contributed by atoms with E-state index in [0.29, 0.717) is 0 Å². The number of anilines is 1. The average Bonchev–Trinajstić information content (AvgIpc) is 2.83. The highest BCUT2D eigenvalue weighted by molar-refractivity contribution is 5.57. The molecule has 0 aromatic heterocycles. The van der Waals surface area contributed by atoms with Gasteiger partial charge in [-0.05, 0) is 37.6 Å². The van der Waals surface area contributed by atoms with Crippen LogP contribution in [0.2, 0.25) is 0 Å². The lowest BCUT2D eigenvalue weighted by Gasteiger charge is -2.18. The van der Waals surface area contributed by atoms with E-state index in [4.69, 9.17) is 0 Å². The maximum atomic E-state index is 3.52. The number of fused-ring (bicyclic) bond motifs is 1. The Bertz CT molecular complexity index is 361. The quantitative estimate of drug-likeness (QED) is 0.750. The molecule has 2 atom stereocenters. The molecule has 2 unspecified atom stereocenters. The van der Waals surface area contributed by atoms with E-state index < -0.39 is 0 Å². The third-order valence-corrected chi connectivity index (χ3v) is 3.87. The summed E-state index contributed by atoms with van der Waals surface area (Å²) < 4.78 is 0. The molecule has 1 saturated heterocycles. The van der Waals surface area contributed by atoms with E-state index >= 15 is 0 Å². The van der Waals surface area contributed by atoms with Crippen LogP contribution >= 0.6 is 0 Å². The highest BCUT2D eigenvalue weighted by Crippen LogP contribution is 2.39. The van der Waals surface area contributed by atoms with Crippen molar-refractivity contribution in [3.63, 3.8) is 0 Å². The summed E-state index contributed by atoms with van der Waals surface area (Å²) in [6, 6.07) is 8.78. The Labute approximate surface area is 91.3 Å². The first kappa shape index (κ1) is 9.22. The Kier molecular flexibility index (Phi) is 2.17. The molecule has 1 fully saturated rings. The third-order valence-electron chi connectivity index (χ3n) is 3.87. The number of para-hydroxylation sites is 1. The van der Waals surface area contributed by atoms with Crippen LogP contribution in [-0.2, 0) is 0 Å². The molecule has 80 valence electrons. The molecule has 1 N–H and O–H groups in total. The molecule has 2 aliphatic heterocycles. The van der Waals surface area contributed by atoms with Gasteiger partial charge in [0.2, 0.25) is 0 Å². The summed E-state index contributed by atoms with van der Waals surface area (Å²) in [4.78, 5) is 2.45. The number of nitrogens with zero attached hydrogens (tertiary/aromatic N) is 1. The number of rotatable bonds is 1. The molecule has 15 heavy (non-hydrogen) atoms. The van der Waals surface area contributed by atoms with Crippen molar-refractivity contribution in [2.24, 2.45) is 5.92 Å². The van der Waals surface area contributed by atoms with Crippen LogP contribution in [0.1, 0.15) is 17.9 Å². The summed E-state index contributed by atoms with van der Waals surface area (Å²) >= 11 is 0. The van der Waals surface area contributed by atoms with Crippen LogP contribution in [0.3, 0.4) is 0 Å². The Balaban J connectivity index is 1.85. The molecular weight excluding hydrogens is 184 g/mol. The zero-order valence-corrected chi connectivity index (χ0v) is 9.24. The van der Waals surface area contributed by atoms with Crippen molar-refractivity contribution in [3.8, 4) is 0 Å². The van der Waals surface area contributed by atoms with Crippen molar-refractivity contribution in [2.75, 3.05) is 32.0 Å². The van der Waals surface area contributed by atoms with Crippen LogP contribution in [0.15, 0.2) is 24.3 Å². The molecule has 1 aromatic carbocycles. The zero-order valence-electron chi connectivity index (χ0n) is 9.24. The summed E-state index contributed by atoms with van der Waals surface area (Å²) in [5.74, 6) is 1.59. The van der Waals surface area contributed by atoms with Crippen molar-refractivity contribution in [2.45, 2.75) is 12.3 Å². The molecule has 2 aliphatic rings. The van der Waals surface area contributed by atoms with Crippen LogP contribution in [0, 0.1) is 5.92 Å². The van der Waals surface area contributed by atoms with Crippen molar-refractivity contribution < 1.29 is 0 Å². The summed E-state index contributed by atoms with van der Waals surface area (Å²) in [5.41, 5.74) is 2.90. The van der Waals surface area contributed by atoms with Gasteiger partial charge in [0.05, 0.1) is 0 Å². The van der Waals surface area contributed by atoms with Gasteiger partial charge < -0.3 is 10.2 Å². The zero-order chi connectivity index (χ0) is 10.3. The van der Waals surface area contributed by atoms with E-state index in [1.54, 1.807) is 0 Å². The minimum absolute atomic E-state index is 0.742. The molecular formula is C13H18N2. The third kappa shape index (κ3) is 1.53. The monoisotopic (exact) mass is 202 g/mol. The van der Waals surface area contributed by atoms with Gasteiger partial charge in [-0.15, -0.1) is 0 Å². The van der Waals surface area contributed by atoms with Gasteiger partial charge in [-0.3, -0.25) is 0 Å². The van der Waals surface area contributed by atoms with Gasteiger partial charge in [0.1, 0.15) is 0 Å². The molecule has 2 nitrogen and oxygen atoms in total. The number of hydrogen-bond acceptors (Lipinski definition) is 2. The maximum Gasteiger partial charge on any atom is 0.0376 e. The Morgan fingerprint density at radius 2 is 2.20 bits per heavy atom. The summed E-state index contributed by atoms with van der Waals surface area (Å²) in [6.07, 6.45) is 1.36. The number of benzene rings is 1. The van der Waals surface area contributed by atoms with E-state index in [0.717, 1.165) is 18.4 Å². The molecule has 0 aliphatic carbocycles. The molecule has 0 amide bonds. The summed E-state index contributed by atoms with van der Waals surface area (Å²) in [7, 11) is 2.23. The molecule has 0 radical (unpaired) electrons. The predicted octanol–water partition coefficient (Wildman–Crippen LogP) is 2.15. The molecule has 0 saturated carbocycles. The van der Waals surface area contributed by atoms with Crippen LogP contribution in [0.4, 0.5) is 5.69 Å². The molecule has 2 heterocycles. The fourth-order valence-corrected chi connectivity index (χ4v) is 3.03. The maximum absolute atomic E-state index is 3.52. The first-order valence-corrected chi connectivity index (χ1v) is 5.86. The lowest BCUT2D eigenvalue weighted by atomic mass is 9.87. The van der Waals surface area contributed by atoms with Crippen molar-refractivity contribution in [1.82, 2.24) is 4.90 Å². The van der Waals surface area contributed by atoms with Gasteiger partial charge in [-0.2, -0.15) is 0 Å². The Morgan fingerprint density at radius 3 is 3.00 bits per heavy atom. The lowest BCUT2D eigenvalue weighted by Crippen LogP contribution is -2.19. The first-order valence-electron chi connectivity index (χ1n) is 5.86. The van der Waals surface area contributed by atoms with E-state index in [9.17, 15) is 0 Å². The highest BCUT2D eigenvalue weighted by atomic mass is 15.1. The van der Waals surface area contributed by atoms with E-state index in [-0.39, 0.29) is 0 Å². The van der Waals surface area contributed by atoms with Crippen LogP contribution < -0.4 is 5.32 Å². The topological polar surface area (TPSA) is 15.3 Å². The fraction of sp³-hybridized carbons (Fsp3) is 0.538. The molecule has 0 spiro atoms. The Hall–Kier alpha value is -1.02. The number of hydrogen-bond donors (Lipinski definition) is 1. The minimum Gasteiger partial charge on any atom is -0.384 e. The largest absolute Gasteiger partial charge is 0.384 e. The second kappa shape index (κ2) is 3.53. The molecule has 0 bridgehead atoms. The minimum atomic E-state index is 0.742. The highest BCUT2D eigenvalue weighted by Gasteiger charge is 2.32. The smallest absolute Gasteiger partial charge is 0.0376 e. The second-order valence-electron chi connectivity index (χ2n) is 4.89. The van der Waals surface area contributed by atoms with Gasteiger partial charge in [0.15, 0.2) is 0 Å². The SMILES string of the molecule is CN1CCC(C2CNc3ccccc32)C1. The van der Waals surface area contributed by atoms with Gasteiger partial charge in [0.25, 0.3) is 0 Å². The fourth-order valence-electron chi connectivity index (χ4n) is 3.03. The average molecular weight is 202 g/mol. The second-order valence-corrected chi connectivity index (χ2v) is 4.89. The number of nitrogens with one attached hydrogen (secondary N) is 1. The van der Waals surface area contributed by atoms with E-state index in [1.807, 2.05) is 0 Å².